The maximum Gasteiger partial charge on any atom is 0.239 e. The lowest BCUT2D eigenvalue weighted by molar-refractivity contribution is 0.324. The van der Waals surface area contributed by atoms with Crippen LogP contribution < -0.4 is 29.6 Å². The van der Waals surface area contributed by atoms with Crippen molar-refractivity contribution >= 4 is 28.0 Å². The Hall–Kier alpha value is -4.20. The lowest BCUT2D eigenvalue weighted by atomic mass is 10.1. The standard InChI is InChI=1S/C25H26N4O4/c1-5-27-19-10-6-9-18-17(19)8-7-11-20(18)33-24-15-26-14-23(29-24)28-16-12-21(30-2)25(32-4)22(13-16)31-3/h6-15,27H,5H2,1-4H3,(H,28,29). The normalized spacial score (nSPS) is 10.5. The molecule has 170 valence electrons. The average Bonchev–Trinajstić information content (AvgIpc) is 2.84. The van der Waals surface area contributed by atoms with E-state index in [0.717, 1.165) is 23.0 Å². The molecule has 4 aromatic rings. The summed E-state index contributed by atoms with van der Waals surface area (Å²) in [6.45, 7) is 2.91. The van der Waals surface area contributed by atoms with E-state index in [1.54, 1.807) is 45.9 Å². The fourth-order valence-corrected chi connectivity index (χ4v) is 3.59. The molecule has 0 aliphatic rings. The van der Waals surface area contributed by atoms with Crippen LogP contribution in [0.4, 0.5) is 17.2 Å². The summed E-state index contributed by atoms with van der Waals surface area (Å²) in [5.41, 5.74) is 1.76. The maximum atomic E-state index is 6.12. The van der Waals surface area contributed by atoms with E-state index in [1.807, 2.05) is 24.3 Å². The predicted molar refractivity (Wildman–Crippen MR) is 130 cm³/mol. The molecule has 0 fully saturated rings. The topological polar surface area (TPSA) is 86.8 Å². The first-order valence-corrected chi connectivity index (χ1v) is 10.5. The van der Waals surface area contributed by atoms with Crippen molar-refractivity contribution in [2.24, 2.45) is 0 Å². The number of methoxy groups -OCH3 is 3. The van der Waals surface area contributed by atoms with Crippen LogP contribution in [0.3, 0.4) is 0 Å². The highest BCUT2D eigenvalue weighted by Crippen LogP contribution is 2.40. The number of ether oxygens (including phenoxy) is 4. The van der Waals surface area contributed by atoms with Crippen LogP contribution in [0, 0.1) is 0 Å². The molecular formula is C25H26N4O4. The van der Waals surface area contributed by atoms with Crippen LogP contribution in [-0.4, -0.2) is 37.8 Å². The molecule has 0 aliphatic heterocycles. The van der Waals surface area contributed by atoms with Gasteiger partial charge in [0.25, 0.3) is 0 Å². The second-order valence-electron chi connectivity index (χ2n) is 7.07. The highest BCUT2D eigenvalue weighted by Gasteiger charge is 2.14. The molecule has 1 aromatic heterocycles. The first kappa shape index (κ1) is 22.0. The van der Waals surface area contributed by atoms with Crippen LogP contribution in [0.2, 0.25) is 0 Å². The number of anilines is 3. The van der Waals surface area contributed by atoms with Gasteiger partial charge in [-0.05, 0) is 19.1 Å². The molecule has 1 heterocycles. The lowest BCUT2D eigenvalue weighted by Crippen LogP contribution is -2.00. The largest absolute Gasteiger partial charge is 0.493 e. The van der Waals surface area contributed by atoms with Gasteiger partial charge in [-0.1, -0.05) is 24.3 Å². The molecule has 8 heteroatoms. The summed E-state index contributed by atoms with van der Waals surface area (Å²) >= 11 is 0. The number of nitrogens with zero attached hydrogens (tertiary/aromatic N) is 2. The summed E-state index contributed by atoms with van der Waals surface area (Å²) in [5, 5.41) is 8.66. The van der Waals surface area contributed by atoms with E-state index in [1.165, 1.54) is 0 Å². The minimum Gasteiger partial charge on any atom is -0.493 e. The van der Waals surface area contributed by atoms with Crippen LogP contribution in [0.1, 0.15) is 6.92 Å². The zero-order valence-corrected chi connectivity index (χ0v) is 19.0. The van der Waals surface area contributed by atoms with Crippen molar-refractivity contribution in [3.05, 3.63) is 60.9 Å². The Labute approximate surface area is 192 Å². The average molecular weight is 447 g/mol. The van der Waals surface area contributed by atoms with Gasteiger partial charge in [-0.3, -0.25) is 4.98 Å². The number of aromatic nitrogens is 2. The third-order valence-electron chi connectivity index (χ3n) is 5.01. The summed E-state index contributed by atoms with van der Waals surface area (Å²) in [5.74, 6) is 3.16. The van der Waals surface area contributed by atoms with Gasteiger partial charge in [-0.2, -0.15) is 4.98 Å². The zero-order chi connectivity index (χ0) is 23.2. The Morgan fingerprint density at radius 1 is 0.818 bits per heavy atom. The monoisotopic (exact) mass is 446 g/mol. The third-order valence-corrected chi connectivity index (χ3v) is 5.01. The number of rotatable bonds is 9. The maximum absolute atomic E-state index is 6.12. The van der Waals surface area contributed by atoms with Crippen molar-refractivity contribution in [2.45, 2.75) is 6.92 Å². The molecule has 0 spiro atoms. The molecule has 33 heavy (non-hydrogen) atoms. The van der Waals surface area contributed by atoms with E-state index in [4.69, 9.17) is 18.9 Å². The van der Waals surface area contributed by atoms with Crippen molar-refractivity contribution in [2.75, 3.05) is 38.5 Å². The molecule has 0 radical (unpaired) electrons. The van der Waals surface area contributed by atoms with Gasteiger partial charge in [0, 0.05) is 40.8 Å². The molecule has 8 nitrogen and oxygen atoms in total. The van der Waals surface area contributed by atoms with Gasteiger partial charge < -0.3 is 29.6 Å². The Morgan fingerprint density at radius 3 is 2.24 bits per heavy atom. The van der Waals surface area contributed by atoms with Gasteiger partial charge in [-0.15, -0.1) is 0 Å². The highest BCUT2D eigenvalue weighted by molar-refractivity contribution is 5.97. The molecule has 0 unspecified atom stereocenters. The Balaban J connectivity index is 1.62. The Kier molecular flexibility index (Phi) is 6.64. The van der Waals surface area contributed by atoms with Gasteiger partial charge >= 0.3 is 0 Å². The summed E-state index contributed by atoms with van der Waals surface area (Å²) in [7, 11) is 4.70. The van der Waals surface area contributed by atoms with Crippen LogP contribution in [-0.2, 0) is 0 Å². The molecule has 0 saturated carbocycles. The molecule has 3 aromatic carbocycles. The minimum absolute atomic E-state index is 0.369. The number of nitrogens with one attached hydrogen (secondary N) is 2. The lowest BCUT2D eigenvalue weighted by Gasteiger charge is -2.15. The summed E-state index contributed by atoms with van der Waals surface area (Å²) in [4.78, 5) is 8.83. The van der Waals surface area contributed by atoms with E-state index in [-0.39, 0.29) is 0 Å². The van der Waals surface area contributed by atoms with Crippen LogP contribution in [0.15, 0.2) is 60.9 Å². The molecule has 0 bridgehead atoms. The molecule has 2 N–H and O–H groups in total. The van der Waals surface area contributed by atoms with Gasteiger partial charge in [0.2, 0.25) is 11.6 Å². The van der Waals surface area contributed by atoms with E-state index in [0.29, 0.717) is 40.4 Å². The number of benzene rings is 3. The van der Waals surface area contributed by atoms with E-state index < -0.39 is 0 Å². The fraction of sp³-hybridized carbons (Fsp3) is 0.200. The van der Waals surface area contributed by atoms with E-state index in [2.05, 4.69) is 39.7 Å². The second-order valence-corrected chi connectivity index (χ2v) is 7.07. The Bertz CT molecular complexity index is 1240. The van der Waals surface area contributed by atoms with Gasteiger partial charge in [0.05, 0.1) is 33.7 Å². The Morgan fingerprint density at radius 2 is 1.55 bits per heavy atom. The molecule has 0 saturated heterocycles. The van der Waals surface area contributed by atoms with Crippen LogP contribution in [0.25, 0.3) is 10.8 Å². The van der Waals surface area contributed by atoms with Crippen molar-refractivity contribution in [3.8, 4) is 28.9 Å². The van der Waals surface area contributed by atoms with E-state index >= 15 is 0 Å². The predicted octanol–water partition coefficient (Wildman–Crippen LogP) is 5.62. The quantitative estimate of drug-likeness (QED) is 0.342. The van der Waals surface area contributed by atoms with Gasteiger partial charge in [0.15, 0.2) is 17.3 Å². The molecule has 0 atom stereocenters. The minimum atomic E-state index is 0.369. The van der Waals surface area contributed by atoms with Gasteiger partial charge in [0.1, 0.15) is 5.75 Å². The van der Waals surface area contributed by atoms with Crippen LogP contribution in [0.5, 0.6) is 28.9 Å². The highest BCUT2D eigenvalue weighted by atomic mass is 16.5. The third kappa shape index (κ3) is 4.69. The number of fused-ring (bicyclic) bond motifs is 1. The zero-order valence-electron chi connectivity index (χ0n) is 19.0. The summed E-state index contributed by atoms with van der Waals surface area (Å²) in [6.07, 6.45) is 3.19. The SMILES string of the molecule is CCNc1cccc2c(Oc3cncc(Nc4cc(OC)c(OC)c(OC)c4)n3)cccc12. The van der Waals surface area contributed by atoms with Crippen molar-refractivity contribution in [3.63, 3.8) is 0 Å². The van der Waals surface area contributed by atoms with Crippen molar-refractivity contribution in [1.29, 1.82) is 0 Å². The van der Waals surface area contributed by atoms with Crippen LogP contribution >= 0.6 is 0 Å². The summed E-state index contributed by atoms with van der Waals surface area (Å²) < 4.78 is 22.3. The number of hydrogen-bond acceptors (Lipinski definition) is 8. The first-order valence-electron chi connectivity index (χ1n) is 10.5. The molecule has 0 aliphatic carbocycles. The van der Waals surface area contributed by atoms with E-state index in [9.17, 15) is 0 Å². The second kappa shape index (κ2) is 9.95. The molecule has 0 amide bonds. The molecule has 4 rings (SSSR count). The first-order chi connectivity index (χ1) is 16.2. The smallest absolute Gasteiger partial charge is 0.239 e. The van der Waals surface area contributed by atoms with Crippen molar-refractivity contribution < 1.29 is 18.9 Å². The van der Waals surface area contributed by atoms with Crippen molar-refractivity contribution in [1.82, 2.24) is 9.97 Å². The molecular weight excluding hydrogens is 420 g/mol. The van der Waals surface area contributed by atoms with Gasteiger partial charge in [-0.25, -0.2) is 0 Å². The summed E-state index contributed by atoms with van der Waals surface area (Å²) in [6, 6.07) is 15.6. The fourth-order valence-electron chi connectivity index (χ4n) is 3.59. The number of hydrogen-bond donors (Lipinski definition) is 2.